The molecular formula is C13H12Cl2N2S. The van der Waals surface area contributed by atoms with Crippen LogP contribution in [0.3, 0.4) is 0 Å². The van der Waals surface area contributed by atoms with Crippen LogP contribution >= 0.6 is 35.0 Å². The van der Waals surface area contributed by atoms with Crippen LogP contribution in [0.1, 0.15) is 19.2 Å². The molecule has 1 aromatic carbocycles. The molecule has 0 bridgehead atoms. The van der Waals surface area contributed by atoms with Crippen molar-refractivity contribution in [2.24, 2.45) is 0 Å². The molecule has 0 saturated carbocycles. The molecule has 1 aromatic heterocycles. The van der Waals surface area contributed by atoms with Crippen LogP contribution in [0, 0.1) is 0 Å². The fourth-order valence-corrected chi connectivity index (χ4v) is 2.68. The third-order valence-electron chi connectivity index (χ3n) is 2.23. The summed E-state index contributed by atoms with van der Waals surface area (Å²) in [5.74, 6) is 0.793. The van der Waals surface area contributed by atoms with E-state index in [9.17, 15) is 0 Å². The van der Waals surface area contributed by atoms with E-state index in [0.717, 1.165) is 33.6 Å². The molecule has 0 aliphatic carbocycles. The summed E-state index contributed by atoms with van der Waals surface area (Å²) in [6.07, 6.45) is 1.85. The molecule has 0 unspecified atom stereocenters. The van der Waals surface area contributed by atoms with Gasteiger partial charge >= 0.3 is 0 Å². The number of rotatable bonds is 4. The molecule has 1 heterocycles. The monoisotopic (exact) mass is 298 g/mol. The zero-order chi connectivity index (χ0) is 13.0. The molecule has 2 rings (SSSR count). The summed E-state index contributed by atoms with van der Waals surface area (Å²) in [4.78, 5) is 9.75. The van der Waals surface area contributed by atoms with Crippen molar-refractivity contribution in [2.75, 3.05) is 0 Å². The highest BCUT2D eigenvalue weighted by atomic mass is 35.5. The Morgan fingerprint density at radius 2 is 1.83 bits per heavy atom. The van der Waals surface area contributed by atoms with Gasteiger partial charge in [-0.15, -0.1) is 0 Å². The molecule has 0 aliphatic heterocycles. The van der Waals surface area contributed by atoms with E-state index in [2.05, 4.69) is 16.9 Å². The Kier molecular flexibility index (Phi) is 4.87. The predicted molar refractivity (Wildman–Crippen MR) is 76.6 cm³/mol. The van der Waals surface area contributed by atoms with Crippen LogP contribution < -0.4 is 0 Å². The molecule has 94 valence electrons. The maximum Gasteiger partial charge on any atom is 0.133 e. The molecule has 2 nitrogen and oxygen atoms in total. The fourth-order valence-electron chi connectivity index (χ4n) is 1.45. The first-order valence-corrected chi connectivity index (χ1v) is 7.21. The van der Waals surface area contributed by atoms with Gasteiger partial charge in [0.25, 0.3) is 0 Å². The van der Waals surface area contributed by atoms with Gasteiger partial charge in [-0.1, -0.05) is 41.9 Å². The van der Waals surface area contributed by atoms with Crippen LogP contribution in [0.2, 0.25) is 10.2 Å². The van der Waals surface area contributed by atoms with Gasteiger partial charge in [-0.2, -0.15) is 0 Å². The molecule has 18 heavy (non-hydrogen) atoms. The lowest BCUT2D eigenvalue weighted by Gasteiger charge is -2.04. The molecule has 0 radical (unpaired) electrons. The van der Waals surface area contributed by atoms with Gasteiger partial charge in [-0.25, -0.2) is 9.97 Å². The summed E-state index contributed by atoms with van der Waals surface area (Å²) in [6.45, 7) is 2.09. The average Bonchev–Trinajstić information content (AvgIpc) is 2.32. The van der Waals surface area contributed by atoms with Crippen molar-refractivity contribution in [3.63, 3.8) is 0 Å². The molecule has 0 saturated heterocycles. The molecule has 0 amide bonds. The molecule has 5 heteroatoms. The summed E-state index contributed by atoms with van der Waals surface area (Å²) in [6, 6.07) is 9.42. The lowest BCUT2D eigenvalue weighted by atomic mass is 10.3. The van der Waals surface area contributed by atoms with Gasteiger partial charge in [0.1, 0.15) is 16.0 Å². The van der Waals surface area contributed by atoms with Crippen LogP contribution in [0.25, 0.3) is 0 Å². The summed E-state index contributed by atoms with van der Waals surface area (Å²) in [5, 5.41) is 2.08. The van der Waals surface area contributed by atoms with Gasteiger partial charge < -0.3 is 0 Å². The first kappa shape index (κ1) is 13.7. The summed E-state index contributed by atoms with van der Waals surface area (Å²) < 4.78 is 0. The summed E-state index contributed by atoms with van der Waals surface area (Å²) >= 11 is 13.4. The van der Waals surface area contributed by atoms with Crippen LogP contribution in [0.15, 0.2) is 40.3 Å². The second kappa shape index (κ2) is 6.41. The minimum absolute atomic E-state index is 0.491. The van der Waals surface area contributed by atoms with E-state index in [1.165, 1.54) is 0 Å². The van der Waals surface area contributed by atoms with E-state index in [1.54, 1.807) is 17.8 Å². The molecule has 2 aromatic rings. The van der Waals surface area contributed by atoms with Gasteiger partial charge in [0.05, 0.1) is 0 Å². The number of halogens is 2. The van der Waals surface area contributed by atoms with Crippen molar-refractivity contribution in [3.05, 3.63) is 46.3 Å². The first-order chi connectivity index (χ1) is 8.67. The standard InChI is InChI=1S/C13H12Cl2N2S/c1-2-3-12-16-11(15)8-13(17-12)18-10-6-4-9(14)5-7-10/h4-8H,2-3H2,1H3. The van der Waals surface area contributed by atoms with Gasteiger partial charge in [0, 0.05) is 22.4 Å². The Hall–Kier alpha value is -0.770. The molecule has 0 spiro atoms. The van der Waals surface area contributed by atoms with Crippen LogP contribution in [0.5, 0.6) is 0 Å². The number of aryl methyl sites for hydroxylation is 1. The van der Waals surface area contributed by atoms with Crippen LogP contribution in [-0.2, 0) is 6.42 Å². The van der Waals surface area contributed by atoms with Crippen molar-refractivity contribution in [2.45, 2.75) is 29.7 Å². The van der Waals surface area contributed by atoms with Gasteiger partial charge in [0.2, 0.25) is 0 Å². The lowest BCUT2D eigenvalue weighted by molar-refractivity contribution is 0.810. The SMILES string of the molecule is CCCc1nc(Cl)cc(Sc2ccc(Cl)cc2)n1. The van der Waals surface area contributed by atoms with E-state index in [1.807, 2.05) is 24.3 Å². The maximum absolute atomic E-state index is 5.99. The second-order valence-electron chi connectivity index (χ2n) is 3.75. The maximum atomic E-state index is 5.99. The van der Waals surface area contributed by atoms with Gasteiger partial charge in [0.15, 0.2) is 0 Å². The second-order valence-corrected chi connectivity index (χ2v) is 5.67. The Morgan fingerprint density at radius 3 is 2.50 bits per heavy atom. The average molecular weight is 299 g/mol. The van der Waals surface area contributed by atoms with E-state index in [4.69, 9.17) is 23.2 Å². The molecule has 0 fully saturated rings. The summed E-state index contributed by atoms with van der Waals surface area (Å²) in [5.41, 5.74) is 0. The number of nitrogens with zero attached hydrogens (tertiary/aromatic N) is 2. The fraction of sp³-hybridized carbons (Fsp3) is 0.231. The van der Waals surface area contributed by atoms with E-state index in [-0.39, 0.29) is 0 Å². The largest absolute Gasteiger partial charge is 0.226 e. The van der Waals surface area contributed by atoms with Crippen molar-refractivity contribution < 1.29 is 0 Å². The minimum Gasteiger partial charge on any atom is -0.226 e. The van der Waals surface area contributed by atoms with Gasteiger partial charge in [-0.3, -0.25) is 0 Å². The molecular weight excluding hydrogens is 287 g/mol. The van der Waals surface area contributed by atoms with E-state index >= 15 is 0 Å². The summed E-state index contributed by atoms with van der Waals surface area (Å²) in [7, 11) is 0. The smallest absolute Gasteiger partial charge is 0.133 e. The highest BCUT2D eigenvalue weighted by molar-refractivity contribution is 7.99. The molecule has 0 atom stereocenters. The molecule has 0 aliphatic rings. The Bertz CT molecular complexity index is 529. The minimum atomic E-state index is 0.491. The first-order valence-electron chi connectivity index (χ1n) is 5.64. The van der Waals surface area contributed by atoms with Crippen LogP contribution in [0.4, 0.5) is 0 Å². The van der Waals surface area contributed by atoms with Crippen molar-refractivity contribution in [1.29, 1.82) is 0 Å². The normalized spacial score (nSPS) is 10.6. The van der Waals surface area contributed by atoms with Crippen molar-refractivity contribution >= 4 is 35.0 Å². The Labute approximate surface area is 121 Å². The van der Waals surface area contributed by atoms with E-state index in [0.29, 0.717) is 5.15 Å². The molecule has 0 N–H and O–H groups in total. The van der Waals surface area contributed by atoms with Crippen molar-refractivity contribution in [3.8, 4) is 0 Å². The number of hydrogen-bond donors (Lipinski definition) is 0. The number of benzene rings is 1. The topological polar surface area (TPSA) is 25.8 Å². The van der Waals surface area contributed by atoms with Crippen molar-refractivity contribution in [1.82, 2.24) is 9.97 Å². The third-order valence-corrected chi connectivity index (χ3v) is 3.60. The van der Waals surface area contributed by atoms with Crippen LogP contribution in [-0.4, -0.2) is 9.97 Å². The highest BCUT2D eigenvalue weighted by Gasteiger charge is 2.04. The van der Waals surface area contributed by atoms with Gasteiger partial charge in [-0.05, 0) is 30.7 Å². The zero-order valence-electron chi connectivity index (χ0n) is 9.86. The third kappa shape index (κ3) is 3.87. The Morgan fingerprint density at radius 1 is 1.11 bits per heavy atom. The predicted octanol–water partition coefficient (Wildman–Crippen LogP) is 4.89. The zero-order valence-corrected chi connectivity index (χ0v) is 12.2. The lowest BCUT2D eigenvalue weighted by Crippen LogP contribution is -1.96. The quantitative estimate of drug-likeness (QED) is 0.752. The number of aromatic nitrogens is 2. The number of hydrogen-bond acceptors (Lipinski definition) is 3. The highest BCUT2D eigenvalue weighted by Crippen LogP contribution is 2.28. The van der Waals surface area contributed by atoms with E-state index < -0.39 is 0 Å². The Balaban J connectivity index is 2.20.